The number of hydrogen-bond donors (Lipinski definition) is 1. The van der Waals surface area contributed by atoms with Crippen LogP contribution in [0.2, 0.25) is 0 Å². The lowest BCUT2D eigenvalue weighted by atomic mass is 9.86. The number of fused-ring (bicyclic) bond motifs is 1. The zero-order valence-corrected chi connectivity index (χ0v) is 13.5. The van der Waals surface area contributed by atoms with Crippen molar-refractivity contribution in [2.24, 2.45) is 11.7 Å². The van der Waals surface area contributed by atoms with E-state index in [1.807, 2.05) is 11.3 Å². The Bertz CT molecular complexity index is 573. The number of benzene rings is 1. The quantitative estimate of drug-likeness (QED) is 0.851. The van der Waals surface area contributed by atoms with Crippen molar-refractivity contribution in [3.05, 3.63) is 34.2 Å². The van der Waals surface area contributed by atoms with Crippen LogP contribution in [0, 0.1) is 5.92 Å². The summed E-state index contributed by atoms with van der Waals surface area (Å²) in [7, 11) is 0. The fourth-order valence-corrected chi connectivity index (χ4v) is 3.56. The summed E-state index contributed by atoms with van der Waals surface area (Å²) in [6, 6.07) is 6.91. The molecule has 2 heteroatoms. The molecule has 0 aliphatic carbocycles. The van der Waals surface area contributed by atoms with Crippen molar-refractivity contribution in [2.75, 3.05) is 0 Å². The lowest BCUT2D eigenvalue weighted by Crippen LogP contribution is -2.10. The van der Waals surface area contributed by atoms with Crippen LogP contribution < -0.4 is 5.73 Å². The van der Waals surface area contributed by atoms with Gasteiger partial charge in [-0.05, 0) is 46.4 Å². The largest absolute Gasteiger partial charge is 0.326 e. The summed E-state index contributed by atoms with van der Waals surface area (Å²) in [6.45, 7) is 12.0. The topological polar surface area (TPSA) is 26.0 Å². The van der Waals surface area contributed by atoms with Gasteiger partial charge in [0, 0.05) is 16.1 Å². The van der Waals surface area contributed by atoms with Gasteiger partial charge in [-0.2, -0.15) is 0 Å². The molecule has 0 spiro atoms. The van der Waals surface area contributed by atoms with Gasteiger partial charge in [0.25, 0.3) is 0 Å². The van der Waals surface area contributed by atoms with Crippen LogP contribution >= 0.6 is 11.3 Å². The van der Waals surface area contributed by atoms with Gasteiger partial charge in [0.2, 0.25) is 0 Å². The molecule has 104 valence electrons. The van der Waals surface area contributed by atoms with Gasteiger partial charge >= 0.3 is 0 Å². The van der Waals surface area contributed by atoms with Gasteiger partial charge in [-0.1, -0.05) is 40.7 Å². The molecule has 0 atom stereocenters. The van der Waals surface area contributed by atoms with Crippen molar-refractivity contribution < 1.29 is 0 Å². The average Bonchev–Trinajstić information content (AvgIpc) is 2.65. The van der Waals surface area contributed by atoms with Crippen LogP contribution in [0.5, 0.6) is 0 Å². The van der Waals surface area contributed by atoms with E-state index in [9.17, 15) is 0 Å². The van der Waals surface area contributed by atoms with Crippen LogP contribution in [-0.4, -0.2) is 0 Å². The number of hydrogen-bond acceptors (Lipinski definition) is 2. The Labute approximate surface area is 120 Å². The first-order valence-electron chi connectivity index (χ1n) is 7.07. The zero-order chi connectivity index (χ0) is 14.2. The van der Waals surface area contributed by atoms with Crippen molar-refractivity contribution in [3.8, 4) is 0 Å². The SMILES string of the molecule is CC(C)Cc1c(CN)sc2ccc(C(C)(C)C)cc12. The summed E-state index contributed by atoms with van der Waals surface area (Å²) in [5, 5.41) is 1.42. The maximum absolute atomic E-state index is 5.92. The van der Waals surface area contributed by atoms with Crippen LogP contribution in [0.15, 0.2) is 18.2 Å². The summed E-state index contributed by atoms with van der Waals surface area (Å²) in [5.74, 6) is 0.668. The van der Waals surface area contributed by atoms with E-state index >= 15 is 0 Å². The van der Waals surface area contributed by atoms with Crippen molar-refractivity contribution in [1.82, 2.24) is 0 Å². The molecule has 0 saturated carbocycles. The molecular weight excluding hydrogens is 250 g/mol. The minimum Gasteiger partial charge on any atom is -0.326 e. The Balaban J connectivity index is 2.61. The third-order valence-electron chi connectivity index (χ3n) is 3.54. The van der Waals surface area contributed by atoms with Gasteiger partial charge in [0.05, 0.1) is 0 Å². The molecule has 1 aromatic carbocycles. The van der Waals surface area contributed by atoms with Crippen molar-refractivity contribution in [3.63, 3.8) is 0 Å². The van der Waals surface area contributed by atoms with Crippen LogP contribution in [0.1, 0.15) is 50.6 Å². The molecule has 0 unspecified atom stereocenters. The van der Waals surface area contributed by atoms with Gasteiger partial charge in [0.1, 0.15) is 0 Å². The first kappa shape index (κ1) is 14.5. The highest BCUT2D eigenvalue weighted by molar-refractivity contribution is 7.19. The van der Waals surface area contributed by atoms with Gasteiger partial charge in [0.15, 0.2) is 0 Å². The summed E-state index contributed by atoms with van der Waals surface area (Å²) in [6.07, 6.45) is 1.13. The van der Waals surface area contributed by atoms with Crippen LogP contribution in [0.25, 0.3) is 10.1 Å². The van der Waals surface area contributed by atoms with E-state index in [4.69, 9.17) is 5.73 Å². The first-order valence-corrected chi connectivity index (χ1v) is 7.89. The minimum atomic E-state index is 0.202. The number of nitrogens with two attached hydrogens (primary N) is 1. The van der Waals surface area contributed by atoms with Gasteiger partial charge in [-0.15, -0.1) is 11.3 Å². The summed E-state index contributed by atoms with van der Waals surface area (Å²) in [4.78, 5) is 1.36. The maximum atomic E-state index is 5.92. The standard InChI is InChI=1S/C17H25NS/c1-11(2)8-13-14-9-12(17(3,4)5)6-7-15(14)19-16(13)10-18/h6-7,9,11H,8,10,18H2,1-5H3. The fraction of sp³-hybridized carbons (Fsp3) is 0.529. The second-order valence-electron chi connectivity index (χ2n) is 6.77. The molecule has 0 radical (unpaired) electrons. The van der Waals surface area contributed by atoms with E-state index < -0.39 is 0 Å². The maximum Gasteiger partial charge on any atom is 0.0349 e. The highest BCUT2D eigenvalue weighted by Gasteiger charge is 2.17. The third-order valence-corrected chi connectivity index (χ3v) is 4.77. The molecule has 2 aromatic rings. The molecule has 0 fully saturated rings. The van der Waals surface area contributed by atoms with E-state index in [1.54, 1.807) is 0 Å². The van der Waals surface area contributed by atoms with E-state index in [2.05, 4.69) is 52.8 Å². The monoisotopic (exact) mass is 275 g/mol. The van der Waals surface area contributed by atoms with E-state index in [0.717, 1.165) is 6.42 Å². The molecule has 1 nitrogen and oxygen atoms in total. The van der Waals surface area contributed by atoms with Crippen molar-refractivity contribution in [1.29, 1.82) is 0 Å². The molecule has 2 rings (SSSR count). The Kier molecular flexibility index (Phi) is 4.03. The Morgan fingerprint density at radius 3 is 2.42 bits per heavy atom. The van der Waals surface area contributed by atoms with E-state index in [-0.39, 0.29) is 5.41 Å². The van der Waals surface area contributed by atoms with Crippen LogP contribution in [0.4, 0.5) is 0 Å². The zero-order valence-electron chi connectivity index (χ0n) is 12.7. The lowest BCUT2D eigenvalue weighted by Gasteiger charge is -2.19. The molecule has 0 saturated heterocycles. The predicted molar refractivity (Wildman–Crippen MR) is 87.0 cm³/mol. The normalized spacial score (nSPS) is 12.6. The van der Waals surface area contributed by atoms with Crippen LogP contribution in [-0.2, 0) is 18.4 Å². The minimum absolute atomic E-state index is 0.202. The highest BCUT2D eigenvalue weighted by atomic mass is 32.1. The van der Waals surface area contributed by atoms with E-state index in [1.165, 1.54) is 26.1 Å². The Hall–Kier alpha value is -0.860. The molecule has 1 heterocycles. The molecule has 0 bridgehead atoms. The van der Waals surface area contributed by atoms with E-state index in [0.29, 0.717) is 12.5 Å². The van der Waals surface area contributed by atoms with Crippen LogP contribution in [0.3, 0.4) is 0 Å². The first-order chi connectivity index (χ1) is 8.82. The summed E-state index contributed by atoms with van der Waals surface area (Å²) >= 11 is 1.86. The predicted octanol–water partition coefficient (Wildman–Crippen LogP) is 4.86. The molecule has 19 heavy (non-hydrogen) atoms. The smallest absolute Gasteiger partial charge is 0.0349 e. The molecule has 0 amide bonds. The highest BCUT2D eigenvalue weighted by Crippen LogP contribution is 2.35. The summed E-state index contributed by atoms with van der Waals surface area (Å²) in [5.41, 5.74) is 9.01. The van der Waals surface area contributed by atoms with Gasteiger partial charge < -0.3 is 5.73 Å². The second kappa shape index (κ2) is 5.26. The number of rotatable bonds is 3. The third kappa shape index (κ3) is 3.01. The Morgan fingerprint density at radius 1 is 1.21 bits per heavy atom. The molecule has 0 aliphatic rings. The Morgan fingerprint density at radius 2 is 1.89 bits per heavy atom. The van der Waals surface area contributed by atoms with Gasteiger partial charge in [-0.25, -0.2) is 0 Å². The summed E-state index contributed by atoms with van der Waals surface area (Å²) < 4.78 is 1.38. The number of thiophene rings is 1. The molecule has 2 N–H and O–H groups in total. The molecular formula is C17H25NS. The lowest BCUT2D eigenvalue weighted by molar-refractivity contribution is 0.591. The second-order valence-corrected chi connectivity index (χ2v) is 7.90. The van der Waals surface area contributed by atoms with Gasteiger partial charge in [-0.3, -0.25) is 0 Å². The average molecular weight is 275 g/mol. The fourth-order valence-electron chi connectivity index (χ4n) is 2.46. The van der Waals surface area contributed by atoms with Crippen molar-refractivity contribution >= 4 is 21.4 Å². The van der Waals surface area contributed by atoms with Crippen molar-refractivity contribution in [2.45, 2.75) is 53.0 Å². The molecule has 1 aromatic heterocycles. The molecule has 0 aliphatic heterocycles.